The third-order valence-corrected chi connectivity index (χ3v) is 2.28. The minimum Gasteiger partial charge on any atom is -0.394 e. The summed E-state index contributed by atoms with van der Waals surface area (Å²) >= 11 is 0. The molecule has 0 spiro atoms. The van der Waals surface area contributed by atoms with Crippen LogP contribution in [0.25, 0.3) is 0 Å². The van der Waals surface area contributed by atoms with Crippen LogP contribution in [0.15, 0.2) is 18.2 Å². The zero-order valence-electron chi connectivity index (χ0n) is 9.05. The number of halogens is 2. The van der Waals surface area contributed by atoms with Crippen LogP contribution >= 0.6 is 0 Å². The molecule has 0 aromatic heterocycles. The van der Waals surface area contributed by atoms with Crippen molar-refractivity contribution in [3.63, 3.8) is 0 Å². The van der Waals surface area contributed by atoms with E-state index < -0.39 is 29.7 Å². The summed E-state index contributed by atoms with van der Waals surface area (Å²) in [4.78, 5) is 10.9. The number of carbonyl (C=O) groups is 1. The molecule has 0 radical (unpaired) electrons. The van der Waals surface area contributed by atoms with Gasteiger partial charge in [0.1, 0.15) is 11.6 Å². The molecule has 5 heteroatoms. The molecule has 88 valence electrons. The van der Waals surface area contributed by atoms with E-state index in [1.807, 2.05) is 0 Å². The number of amides is 1. The summed E-state index contributed by atoms with van der Waals surface area (Å²) in [6.45, 7) is 1.98. The number of hydrogen-bond donors (Lipinski definition) is 2. The van der Waals surface area contributed by atoms with Crippen LogP contribution in [0.5, 0.6) is 0 Å². The van der Waals surface area contributed by atoms with Gasteiger partial charge in [0.05, 0.1) is 17.7 Å². The average Bonchev–Trinajstić information content (AvgIpc) is 2.16. The van der Waals surface area contributed by atoms with Gasteiger partial charge in [0, 0.05) is 6.92 Å². The van der Waals surface area contributed by atoms with Crippen LogP contribution in [-0.4, -0.2) is 17.6 Å². The van der Waals surface area contributed by atoms with E-state index >= 15 is 0 Å². The van der Waals surface area contributed by atoms with Crippen LogP contribution < -0.4 is 5.32 Å². The lowest BCUT2D eigenvalue weighted by Crippen LogP contribution is -2.46. The standard InChI is InChI=1S/C11H13F2NO2/c1-7(16)14-11(2,6-15)10-8(12)4-3-5-9(10)13/h3-5,15H,6H2,1-2H3,(H,14,16). The highest BCUT2D eigenvalue weighted by atomic mass is 19.1. The molecule has 0 saturated heterocycles. The SMILES string of the molecule is CC(=O)NC(C)(CO)c1c(F)cccc1F. The molecule has 1 unspecified atom stereocenters. The third-order valence-electron chi connectivity index (χ3n) is 2.28. The third kappa shape index (κ3) is 2.36. The fourth-order valence-corrected chi connectivity index (χ4v) is 1.59. The van der Waals surface area contributed by atoms with Gasteiger partial charge < -0.3 is 10.4 Å². The molecule has 0 heterocycles. The van der Waals surface area contributed by atoms with E-state index in [4.69, 9.17) is 0 Å². The Labute approximate surface area is 92.1 Å². The van der Waals surface area contributed by atoms with Crippen molar-refractivity contribution in [2.75, 3.05) is 6.61 Å². The van der Waals surface area contributed by atoms with E-state index in [1.165, 1.54) is 19.9 Å². The maximum Gasteiger partial charge on any atom is 0.217 e. The molecule has 2 N–H and O–H groups in total. The molecule has 0 saturated carbocycles. The summed E-state index contributed by atoms with van der Waals surface area (Å²) in [6.07, 6.45) is 0. The molecule has 1 amide bonds. The van der Waals surface area contributed by atoms with Crippen LogP contribution in [-0.2, 0) is 10.3 Å². The van der Waals surface area contributed by atoms with Crippen LogP contribution in [0.3, 0.4) is 0 Å². The van der Waals surface area contributed by atoms with Crippen LogP contribution in [0.1, 0.15) is 19.4 Å². The topological polar surface area (TPSA) is 49.3 Å². The van der Waals surface area contributed by atoms with Crippen LogP contribution in [0.2, 0.25) is 0 Å². The summed E-state index contributed by atoms with van der Waals surface area (Å²) in [5.74, 6) is -2.07. The second-order valence-electron chi connectivity index (χ2n) is 3.77. The van der Waals surface area contributed by atoms with Gasteiger partial charge in [-0.05, 0) is 19.1 Å². The van der Waals surface area contributed by atoms with E-state index in [0.717, 1.165) is 12.1 Å². The molecule has 0 aliphatic carbocycles. The van der Waals surface area contributed by atoms with Crippen molar-refractivity contribution < 1.29 is 18.7 Å². The van der Waals surface area contributed by atoms with Crippen LogP contribution in [0, 0.1) is 11.6 Å². The van der Waals surface area contributed by atoms with Gasteiger partial charge in [-0.2, -0.15) is 0 Å². The number of aliphatic hydroxyl groups excluding tert-OH is 1. The first-order chi connectivity index (χ1) is 7.40. The number of nitrogens with one attached hydrogen (secondary N) is 1. The number of hydrogen-bond acceptors (Lipinski definition) is 2. The second-order valence-corrected chi connectivity index (χ2v) is 3.77. The first-order valence-electron chi connectivity index (χ1n) is 4.75. The normalized spacial score (nSPS) is 14.3. The van der Waals surface area contributed by atoms with Gasteiger partial charge in [-0.15, -0.1) is 0 Å². The quantitative estimate of drug-likeness (QED) is 0.821. The Morgan fingerprint density at radius 1 is 1.44 bits per heavy atom. The predicted octanol–water partition coefficient (Wildman–Crippen LogP) is 1.31. The lowest BCUT2D eigenvalue weighted by atomic mass is 9.91. The Morgan fingerprint density at radius 3 is 2.31 bits per heavy atom. The first-order valence-corrected chi connectivity index (χ1v) is 4.75. The highest BCUT2D eigenvalue weighted by molar-refractivity contribution is 5.74. The molecule has 1 aromatic rings. The smallest absolute Gasteiger partial charge is 0.217 e. The Hall–Kier alpha value is -1.49. The van der Waals surface area contributed by atoms with Gasteiger partial charge in [0.2, 0.25) is 5.91 Å². The van der Waals surface area contributed by atoms with Crippen molar-refractivity contribution in [2.24, 2.45) is 0 Å². The predicted molar refractivity (Wildman–Crippen MR) is 54.6 cm³/mol. The minimum atomic E-state index is -1.46. The summed E-state index contributed by atoms with van der Waals surface area (Å²) in [6, 6.07) is 3.38. The molecule has 3 nitrogen and oxygen atoms in total. The minimum absolute atomic E-state index is 0.340. The zero-order valence-corrected chi connectivity index (χ0v) is 9.05. The number of carbonyl (C=O) groups excluding carboxylic acids is 1. The summed E-state index contributed by atoms with van der Waals surface area (Å²) < 4.78 is 27.0. The maximum absolute atomic E-state index is 13.5. The van der Waals surface area contributed by atoms with E-state index in [1.54, 1.807) is 0 Å². The number of benzene rings is 1. The summed E-state index contributed by atoms with van der Waals surface area (Å²) in [5.41, 5.74) is -1.80. The Kier molecular flexibility index (Phi) is 3.59. The molecule has 0 fully saturated rings. The number of rotatable bonds is 3. The van der Waals surface area contributed by atoms with Crippen molar-refractivity contribution in [2.45, 2.75) is 19.4 Å². The van der Waals surface area contributed by atoms with Crippen molar-refractivity contribution in [1.29, 1.82) is 0 Å². The van der Waals surface area contributed by atoms with Gasteiger partial charge >= 0.3 is 0 Å². The fourth-order valence-electron chi connectivity index (χ4n) is 1.59. The van der Waals surface area contributed by atoms with Crippen molar-refractivity contribution in [3.05, 3.63) is 35.4 Å². The van der Waals surface area contributed by atoms with E-state index in [2.05, 4.69) is 5.32 Å². The van der Waals surface area contributed by atoms with Gasteiger partial charge in [0.15, 0.2) is 0 Å². The molecule has 0 bridgehead atoms. The van der Waals surface area contributed by atoms with Crippen LogP contribution in [0.4, 0.5) is 8.78 Å². The molecule has 1 atom stereocenters. The summed E-state index contributed by atoms with van der Waals surface area (Å²) in [5, 5.41) is 11.5. The van der Waals surface area contributed by atoms with Crippen molar-refractivity contribution in [3.8, 4) is 0 Å². The Bertz CT molecular complexity index is 389. The van der Waals surface area contributed by atoms with Gasteiger partial charge in [-0.1, -0.05) is 6.07 Å². The molecule has 0 aliphatic rings. The summed E-state index contributed by atoms with van der Waals surface area (Å²) in [7, 11) is 0. The molecule has 1 rings (SSSR count). The lowest BCUT2D eigenvalue weighted by molar-refractivity contribution is -0.121. The molecule has 0 aliphatic heterocycles. The monoisotopic (exact) mass is 229 g/mol. The number of aliphatic hydroxyl groups is 1. The maximum atomic E-state index is 13.5. The Morgan fingerprint density at radius 2 is 1.94 bits per heavy atom. The van der Waals surface area contributed by atoms with Gasteiger partial charge in [-0.25, -0.2) is 8.78 Å². The second kappa shape index (κ2) is 4.57. The lowest BCUT2D eigenvalue weighted by Gasteiger charge is -2.29. The van der Waals surface area contributed by atoms with Crippen molar-refractivity contribution >= 4 is 5.91 Å². The first kappa shape index (κ1) is 12.6. The Balaban J connectivity index is 3.27. The van der Waals surface area contributed by atoms with E-state index in [0.29, 0.717) is 0 Å². The highest BCUT2D eigenvalue weighted by Gasteiger charge is 2.32. The van der Waals surface area contributed by atoms with E-state index in [9.17, 15) is 18.7 Å². The fraction of sp³-hybridized carbons (Fsp3) is 0.364. The van der Waals surface area contributed by atoms with Crippen molar-refractivity contribution in [1.82, 2.24) is 5.32 Å². The van der Waals surface area contributed by atoms with Gasteiger partial charge in [-0.3, -0.25) is 4.79 Å². The van der Waals surface area contributed by atoms with Gasteiger partial charge in [0.25, 0.3) is 0 Å². The molecule has 1 aromatic carbocycles. The largest absolute Gasteiger partial charge is 0.394 e. The molecular formula is C11H13F2NO2. The average molecular weight is 229 g/mol. The van der Waals surface area contributed by atoms with E-state index in [-0.39, 0.29) is 5.56 Å². The highest BCUT2D eigenvalue weighted by Crippen LogP contribution is 2.25. The molecular weight excluding hydrogens is 216 g/mol. The molecule has 16 heavy (non-hydrogen) atoms. The zero-order chi connectivity index (χ0) is 12.3.